The van der Waals surface area contributed by atoms with E-state index in [4.69, 9.17) is 9.47 Å². The van der Waals surface area contributed by atoms with Crippen LogP contribution in [0.2, 0.25) is 0 Å². The Labute approximate surface area is 155 Å². The van der Waals surface area contributed by atoms with Gasteiger partial charge in [0.2, 0.25) is 0 Å². The third-order valence-electron chi connectivity index (χ3n) is 3.94. The fraction of sp³-hybridized carbons (Fsp3) is 0.381. The molecule has 0 N–H and O–H groups in total. The lowest BCUT2D eigenvalue weighted by Gasteiger charge is -2.11. The molecule has 1 atom stereocenters. The van der Waals surface area contributed by atoms with Gasteiger partial charge in [-0.25, -0.2) is 0 Å². The van der Waals surface area contributed by atoms with Crippen molar-refractivity contribution in [2.45, 2.75) is 34.3 Å². The zero-order valence-electron chi connectivity index (χ0n) is 15.9. The number of hydrogen-bond acceptors (Lipinski definition) is 5. The minimum atomic E-state index is -0.308. The number of benzene rings is 2. The van der Waals surface area contributed by atoms with E-state index in [1.54, 1.807) is 13.8 Å². The lowest BCUT2D eigenvalue weighted by Crippen LogP contribution is -2.16. The van der Waals surface area contributed by atoms with Crippen LogP contribution in [0.25, 0.3) is 0 Å². The summed E-state index contributed by atoms with van der Waals surface area (Å²) in [4.78, 5) is 11.6. The van der Waals surface area contributed by atoms with Gasteiger partial charge in [0.05, 0.1) is 24.8 Å². The zero-order chi connectivity index (χ0) is 18.9. The largest absolute Gasteiger partial charge is 0.489 e. The molecule has 0 saturated carbocycles. The maximum atomic E-state index is 11.6. The van der Waals surface area contributed by atoms with Gasteiger partial charge in [0.25, 0.3) is 0 Å². The summed E-state index contributed by atoms with van der Waals surface area (Å²) in [6, 6.07) is 13.9. The number of esters is 1. The number of aryl methyl sites for hydroxylation is 2. The van der Waals surface area contributed by atoms with E-state index in [1.807, 2.05) is 50.2 Å². The molecule has 0 aliphatic carbocycles. The summed E-state index contributed by atoms with van der Waals surface area (Å²) in [6.45, 7) is 8.72. The number of rotatable bonds is 8. The molecule has 0 saturated heterocycles. The molecule has 0 bridgehead atoms. The summed E-state index contributed by atoms with van der Waals surface area (Å²) >= 11 is 0. The van der Waals surface area contributed by atoms with Crippen LogP contribution in [-0.4, -0.2) is 19.1 Å². The monoisotopic (exact) mass is 354 g/mol. The average molecular weight is 354 g/mol. The number of hydrogen-bond donors (Lipinski definition) is 0. The van der Waals surface area contributed by atoms with E-state index in [-0.39, 0.29) is 11.9 Å². The first-order valence-electron chi connectivity index (χ1n) is 8.83. The van der Waals surface area contributed by atoms with Crippen molar-refractivity contribution in [3.05, 3.63) is 59.2 Å². The van der Waals surface area contributed by atoms with Crippen LogP contribution in [0, 0.1) is 19.8 Å². The highest BCUT2D eigenvalue weighted by atomic mass is 16.5. The zero-order valence-corrected chi connectivity index (χ0v) is 15.9. The topological polar surface area (TPSA) is 60.2 Å². The van der Waals surface area contributed by atoms with Gasteiger partial charge in [-0.1, -0.05) is 37.3 Å². The predicted octanol–water partition coefficient (Wildman–Crippen LogP) is 5.17. The molecular weight excluding hydrogens is 328 g/mol. The molecule has 0 spiro atoms. The van der Waals surface area contributed by atoms with Crippen LogP contribution < -0.4 is 4.74 Å². The lowest BCUT2D eigenvalue weighted by atomic mass is 10.1. The van der Waals surface area contributed by atoms with Crippen molar-refractivity contribution in [3.63, 3.8) is 0 Å². The number of azo groups is 1. The number of ether oxygens (including phenoxy) is 2. The van der Waals surface area contributed by atoms with Crippen molar-refractivity contribution < 1.29 is 14.3 Å². The van der Waals surface area contributed by atoms with Crippen molar-refractivity contribution in [1.82, 2.24) is 0 Å². The molecule has 0 amide bonds. The highest BCUT2D eigenvalue weighted by molar-refractivity contribution is 5.72. The second-order valence-corrected chi connectivity index (χ2v) is 6.26. The predicted molar refractivity (Wildman–Crippen MR) is 102 cm³/mol. The highest BCUT2D eigenvalue weighted by Gasteiger charge is 2.13. The molecular formula is C21H26N2O3. The molecule has 2 aromatic rings. The molecule has 0 fully saturated rings. The molecule has 0 aliphatic rings. The average Bonchev–Trinajstić information content (AvgIpc) is 2.63. The van der Waals surface area contributed by atoms with E-state index in [0.717, 1.165) is 28.1 Å². The van der Waals surface area contributed by atoms with E-state index in [0.29, 0.717) is 19.8 Å². The van der Waals surface area contributed by atoms with E-state index >= 15 is 0 Å². The Morgan fingerprint density at radius 3 is 2.69 bits per heavy atom. The van der Waals surface area contributed by atoms with E-state index in [9.17, 15) is 4.79 Å². The normalized spacial score (nSPS) is 12.2. The summed E-state index contributed by atoms with van der Waals surface area (Å²) in [5, 5.41) is 8.44. The van der Waals surface area contributed by atoms with Gasteiger partial charge in [0, 0.05) is 5.56 Å². The quantitative estimate of drug-likeness (QED) is 0.485. The van der Waals surface area contributed by atoms with Crippen LogP contribution in [-0.2, 0) is 16.1 Å². The van der Waals surface area contributed by atoms with E-state index in [1.165, 1.54) is 0 Å². The van der Waals surface area contributed by atoms with E-state index < -0.39 is 0 Å². The first-order valence-corrected chi connectivity index (χ1v) is 8.83. The number of carbonyl (C=O) groups is 1. The van der Waals surface area contributed by atoms with Crippen molar-refractivity contribution in [2.24, 2.45) is 16.1 Å². The van der Waals surface area contributed by atoms with Crippen LogP contribution >= 0.6 is 0 Å². The Morgan fingerprint density at radius 2 is 1.92 bits per heavy atom. The molecule has 0 radical (unpaired) electrons. The molecule has 2 rings (SSSR count). The molecule has 2 aromatic carbocycles. The van der Waals surface area contributed by atoms with Gasteiger partial charge >= 0.3 is 5.97 Å². The SMILES string of the molecule is CCOC(=O)C(C)CN=Nc1ccccc1COc1cc(C)ccc1C. The second kappa shape index (κ2) is 9.70. The maximum Gasteiger partial charge on any atom is 0.310 e. The summed E-state index contributed by atoms with van der Waals surface area (Å²) < 4.78 is 10.9. The van der Waals surface area contributed by atoms with Gasteiger partial charge in [0.15, 0.2) is 0 Å². The molecule has 1 unspecified atom stereocenters. The molecule has 5 nitrogen and oxygen atoms in total. The fourth-order valence-corrected chi connectivity index (χ4v) is 2.35. The third kappa shape index (κ3) is 5.69. The number of carbonyl (C=O) groups excluding carboxylic acids is 1. The minimum absolute atomic E-state index is 0.252. The van der Waals surface area contributed by atoms with Gasteiger partial charge < -0.3 is 9.47 Å². The van der Waals surface area contributed by atoms with Crippen molar-refractivity contribution in [2.75, 3.05) is 13.2 Å². The molecule has 0 aromatic heterocycles. The van der Waals surface area contributed by atoms with Crippen LogP contribution in [0.1, 0.15) is 30.5 Å². The van der Waals surface area contributed by atoms with Gasteiger partial charge in [-0.3, -0.25) is 4.79 Å². The highest BCUT2D eigenvalue weighted by Crippen LogP contribution is 2.24. The van der Waals surface area contributed by atoms with Gasteiger partial charge in [0.1, 0.15) is 12.4 Å². The van der Waals surface area contributed by atoms with Crippen LogP contribution in [0.3, 0.4) is 0 Å². The Morgan fingerprint density at radius 1 is 1.15 bits per heavy atom. The third-order valence-corrected chi connectivity index (χ3v) is 3.94. The summed E-state index contributed by atoms with van der Waals surface area (Å²) in [5.74, 6) is 0.308. The summed E-state index contributed by atoms with van der Waals surface area (Å²) in [7, 11) is 0. The smallest absolute Gasteiger partial charge is 0.310 e. The second-order valence-electron chi connectivity index (χ2n) is 6.26. The summed E-state index contributed by atoms with van der Waals surface area (Å²) in [5.41, 5.74) is 3.94. The first-order chi connectivity index (χ1) is 12.5. The van der Waals surface area contributed by atoms with Crippen molar-refractivity contribution in [3.8, 4) is 5.75 Å². The standard InChI is InChI=1S/C21H26N2O3/c1-5-25-21(24)17(4)13-22-23-19-9-7-6-8-18(19)14-26-20-12-15(2)10-11-16(20)3/h6-12,17H,5,13-14H2,1-4H3. The molecule has 26 heavy (non-hydrogen) atoms. The molecule has 0 heterocycles. The van der Waals surface area contributed by atoms with Crippen molar-refractivity contribution >= 4 is 11.7 Å². The maximum absolute atomic E-state index is 11.6. The van der Waals surface area contributed by atoms with Crippen LogP contribution in [0.5, 0.6) is 5.75 Å². The Bertz CT molecular complexity index is 772. The van der Waals surface area contributed by atoms with Crippen LogP contribution in [0.15, 0.2) is 52.7 Å². The Balaban J connectivity index is 2.02. The molecule has 138 valence electrons. The first kappa shape index (κ1) is 19.6. The molecule has 5 heteroatoms. The van der Waals surface area contributed by atoms with Gasteiger partial charge in [-0.05, 0) is 44.0 Å². The Kier molecular flexibility index (Phi) is 7.33. The van der Waals surface area contributed by atoms with Crippen LogP contribution in [0.4, 0.5) is 5.69 Å². The number of nitrogens with zero attached hydrogens (tertiary/aromatic N) is 2. The van der Waals surface area contributed by atoms with Gasteiger partial charge in [-0.15, -0.1) is 0 Å². The lowest BCUT2D eigenvalue weighted by molar-refractivity contribution is -0.147. The molecule has 0 aliphatic heterocycles. The summed E-state index contributed by atoms with van der Waals surface area (Å²) in [6.07, 6.45) is 0. The fourth-order valence-electron chi connectivity index (χ4n) is 2.35. The van der Waals surface area contributed by atoms with Gasteiger partial charge in [-0.2, -0.15) is 10.2 Å². The Hall–Kier alpha value is -2.69. The van der Waals surface area contributed by atoms with E-state index in [2.05, 4.69) is 16.3 Å². The minimum Gasteiger partial charge on any atom is -0.489 e. The van der Waals surface area contributed by atoms with Crippen molar-refractivity contribution in [1.29, 1.82) is 0 Å².